The van der Waals surface area contributed by atoms with Gasteiger partial charge in [0.1, 0.15) is 5.75 Å². The van der Waals surface area contributed by atoms with Gasteiger partial charge in [-0.3, -0.25) is 4.79 Å². The number of likely N-dealkylation sites (N-methyl/N-ethyl adjacent to an activating group) is 1. The standard InChI is InChI=1S/C23H27N3O2/c1-16-10-9-13-21(14-16)28-19(4)23(27)25(5)15-22-17(2)24-26(18(22)3)20-11-7-6-8-12-20/h6-14,19H,15H2,1-5H3. The summed E-state index contributed by atoms with van der Waals surface area (Å²) < 4.78 is 7.77. The summed E-state index contributed by atoms with van der Waals surface area (Å²) in [5.74, 6) is 0.645. The molecular weight excluding hydrogens is 350 g/mol. The van der Waals surface area contributed by atoms with Crippen LogP contribution in [0.2, 0.25) is 0 Å². The molecule has 0 aliphatic heterocycles. The maximum Gasteiger partial charge on any atom is 0.263 e. The number of rotatable bonds is 6. The van der Waals surface area contributed by atoms with Crippen molar-refractivity contribution in [1.82, 2.24) is 14.7 Å². The number of ether oxygens (including phenoxy) is 1. The Labute approximate surface area is 166 Å². The van der Waals surface area contributed by atoms with Crippen LogP contribution in [0.15, 0.2) is 54.6 Å². The van der Waals surface area contributed by atoms with E-state index in [1.54, 1.807) is 18.9 Å². The summed E-state index contributed by atoms with van der Waals surface area (Å²) in [6.45, 7) is 8.29. The van der Waals surface area contributed by atoms with E-state index < -0.39 is 6.10 Å². The zero-order valence-corrected chi connectivity index (χ0v) is 17.1. The van der Waals surface area contributed by atoms with Crippen LogP contribution in [0, 0.1) is 20.8 Å². The second-order valence-electron chi connectivity index (χ2n) is 7.17. The van der Waals surface area contributed by atoms with Gasteiger partial charge in [-0.1, -0.05) is 30.3 Å². The van der Waals surface area contributed by atoms with Gasteiger partial charge in [0.15, 0.2) is 6.10 Å². The Kier molecular flexibility index (Phi) is 5.83. The smallest absolute Gasteiger partial charge is 0.263 e. The molecule has 5 heteroatoms. The molecule has 3 rings (SSSR count). The summed E-state index contributed by atoms with van der Waals surface area (Å²) in [7, 11) is 1.80. The van der Waals surface area contributed by atoms with Crippen LogP contribution in [0.3, 0.4) is 0 Å². The lowest BCUT2D eigenvalue weighted by Gasteiger charge is -2.22. The molecule has 28 heavy (non-hydrogen) atoms. The predicted octanol–water partition coefficient (Wildman–Crippen LogP) is 4.22. The van der Waals surface area contributed by atoms with Crippen molar-refractivity contribution in [3.63, 3.8) is 0 Å². The SMILES string of the molecule is Cc1cccc(OC(C)C(=O)N(C)Cc2c(C)nn(-c3ccccc3)c2C)c1. The first-order valence-electron chi connectivity index (χ1n) is 9.45. The Morgan fingerprint density at radius 1 is 1.11 bits per heavy atom. The fourth-order valence-electron chi connectivity index (χ4n) is 3.29. The van der Waals surface area contributed by atoms with Crippen molar-refractivity contribution < 1.29 is 9.53 Å². The molecule has 0 N–H and O–H groups in total. The number of para-hydroxylation sites is 1. The average Bonchev–Trinajstić information content (AvgIpc) is 2.96. The molecule has 0 saturated carbocycles. The van der Waals surface area contributed by atoms with Gasteiger partial charge in [-0.15, -0.1) is 0 Å². The summed E-state index contributed by atoms with van der Waals surface area (Å²) in [5.41, 5.74) is 5.14. The average molecular weight is 377 g/mol. The largest absolute Gasteiger partial charge is 0.481 e. The highest BCUT2D eigenvalue weighted by Gasteiger charge is 2.22. The lowest BCUT2D eigenvalue weighted by atomic mass is 10.1. The van der Waals surface area contributed by atoms with E-state index in [0.717, 1.165) is 28.2 Å². The molecular formula is C23H27N3O2. The van der Waals surface area contributed by atoms with Crippen LogP contribution in [-0.2, 0) is 11.3 Å². The molecule has 0 spiro atoms. The second kappa shape index (κ2) is 8.30. The Balaban J connectivity index is 1.73. The van der Waals surface area contributed by atoms with Crippen LogP contribution < -0.4 is 4.74 Å². The van der Waals surface area contributed by atoms with E-state index >= 15 is 0 Å². The molecule has 3 aromatic rings. The quantitative estimate of drug-likeness (QED) is 0.646. The monoisotopic (exact) mass is 377 g/mol. The van der Waals surface area contributed by atoms with E-state index in [4.69, 9.17) is 4.74 Å². The molecule has 1 atom stereocenters. The Morgan fingerprint density at radius 3 is 2.50 bits per heavy atom. The van der Waals surface area contributed by atoms with Gasteiger partial charge in [-0.05, 0) is 57.5 Å². The molecule has 146 valence electrons. The van der Waals surface area contributed by atoms with Gasteiger partial charge in [0.2, 0.25) is 0 Å². The van der Waals surface area contributed by atoms with Crippen LogP contribution in [0.4, 0.5) is 0 Å². The number of carbonyl (C=O) groups excluding carboxylic acids is 1. The number of hydrogen-bond acceptors (Lipinski definition) is 3. The van der Waals surface area contributed by atoms with Gasteiger partial charge in [-0.2, -0.15) is 5.10 Å². The highest BCUT2D eigenvalue weighted by atomic mass is 16.5. The van der Waals surface area contributed by atoms with Gasteiger partial charge in [0, 0.05) is 24.8 Å². The molecule has 2 aromatic carbocycles. The van der Waals surface area contributed by atoms with Gasteiger partial charge in [0.25, 0.3) is 5.91 Å². The maximum absolute atomic E-state index is 12.8. The summed E-state index contributed by atoms with van der Waals surface area (Å²) in [5, 5.41) is 4.66. The van der Waals surface area contributed by atoms with E-state index in [-0.39, 0.29) is 5.91 Å². The normalized spacial score (nSPS) is 11.9. The number of hydrogen-bond donors (Lipinski definition) is 0. The zero-order valence-electron chi connectivity index (χ0n) is 17.1. The number of carbonyl (C=O) groups is 1. The molecule has 0 bridgehead atoms. The number of nitrogens with zero attached hydrogens (tertiary/aromatic N) is 3. The lowest BCUT2D eigenvalue weighted by Crippen LogP contribution is -2.37. The number of benzene rings is 2. The molecule has 1 aromatic heterocycles. The van der Waals surface area contributed by atoms with Crippen LogP contribution in [0.5, 0.6) is 5.75 Å². The molecule has 5 nitrogen and oxygen atoms in total. The maximum atomic E-state index is 12.8. The third kappa shape index (κ3) is 4.25. The van der Waals surface area contributed by atoms with Crippen molar-refractivity contribution in [2.45, 2.75) is 40.3 Å². The van der Waals surface area contributed by atoms with Crippen molar-refractivity contribution in [1.29, 1.82) is 0 Å². The predicted molar refractivity (Wildman–Crippen MR) is 111 cm³/mol. The van der Waals surface area contributed by atoms with Crippen molar-refractivity contribution in [3.8, 4) is 11.4 Å². The van der Waals surface area contributed by atoms with Gasteiger partial charge in [-0.25, -0.2) is 4.68 Å². The van der Waals surface area contributed by atoms with Crippen molar-refractivity contribution in [2.75, 3.05) is 7.05 Å². The zero-order chi connectivity index (χ0) is 20.3. The summed E-state index contributed by atoms with van der Waals surface area (Å²) in [6, 6.07) is 17.7. The van der Waals surface area contributed by atoms with Gasteiger partial charge >= 0.3 is 0 Å². The fourth-order valence-corrected chi connectivity index (χ4v) is 3.29. The highest BCUT2D eigenvalue weighted by molar-refractivity contribution is 5.80. The Hall–Kier alpha value is -3.08. The Morgan fingerprint density at radius 2 is 1.82 bits per heavy atom. The Bertz CT molecular complexity index is 963. The fraction of sp³-hybridized carbons (Fsp3) is 0.304. The first kappa shape index (κ1) is 19.7. The molecule has 0 radical (unpaired) electrons. The number of aryl methyl sites for hydroxylation is 2. The third-order valence-corrected chi connectivity index (χ3v) is 4.86. The number of aromatic nitrogens is 2. The summed E-state index contributed by atoms with van der Waals surface area (Å²) >= 11 is 0. The number of amides is 1. The van der Waals surface area contributed by atoms with E-state index in [0.29, 0.717) is 12.3 Å². The van der Waals surface area contributed by atoms with Gasteiger partial charge < -0.3 is 9.64 Å². The summed E-state index contributed by atoms with van der Waals surface area (Å²) in [6.07, 6.45) is -0.559. The molecule has 1 unspecified atom stereocenters. The second-order valence-corrected chi connectivity index (χ2v) is 7.17. The minimum Gasteiger partial charge on any atom is -0.481 e. The van der Waals surface area contributed by atoms with Crippen molar-refractivity contribution in [2.24, 2.45) is 0 Å². The molecule has 0 saturated heterocycles. The first-order chi connectivity index (χ1) is 13.4. The highest BCUT2D eigenvalue weighted by Crippen LogP contribution is 2.20. The van der Waals surface area contributed by atoms with Crippen LogP contribution in [0.25, 0.3) is 5.69 Å². The molecule has 0 aliphatic carbocycles. The van der Waals surface area contributed by atoms with Crippen LogP contribution in [0.1, 0.15) is 29.4 Å². The lowest BCUT2D eigenvalue weighted by molar-refractivity contribution is -0.137. The molecule has 0 aliphatic rings. The molecule has 1 amide bonds. The third-order valence-electron chi connectivity index (χ3n) is 4.86. The van der Waals surface area contributed by atoms with Gasteiger partial charge in [0.05, 0.1) is 11.4 Å². The van der Waals surface area contributed by atoms with Crippen LogP contribution in [-0.4, -0.2) is 33.7 Å². The molecule has 0 fully saturated rings. The topological polar surface area (TPSA) is 47.4 Å². The van der Waals surface area contributed by atoms with E-state index in [1.807, 2.05) is 80.1 Å². The van der Waals surface area contributed by atoms with Crippen molar-refractivity contribution in [3.05, 3.63) is 77.1 Å². The van der Waals surface area contributed by atoms with E-state index in [9.17, 15) is 4.79 Å². The minimum absolute atomic E-state index is 0.0623. The minimum atomic E-state index is -0.559. The first-order valence-corrected chi connectivity index (χ1v) is 9.45. The summed E-state index contributed by atoms with van der Waals surface area (Å²) in [4.78, 5) is 14.5. The molecule has 1 heterocycles. The van der Waals surface area contributed by atoms with E-state index in [1.165, 1.54) is 0 Å². The van der Waals surface area contributed by atoms with E-state index in [2.05, 4.69) is 5.10 Å². The van der Waals surface area contributed by atoms with Crippen molar-refractivity contribution >= 4 is 5.91 Å². The van der Waals surface area contributed by atoms with Crippen LogP contribution >= 0.6 is 0 Å².